The number of nitrogens with one attached hydrogen (secondary N) is 1. The first-order valence-corrected chi connectivity index (χ1v) is 3.79. The predicted octanol–water partition coefficient (Wildman–Crippen LogP) is 3.28. The van der Waals surface area contributed by atoms with Gasteiger partial charge in [0.25, 0.3) is 0 Å². The molecule has 0 aromatic carbocycles. The van der Waals surface area contributed by atoms with Crippen molar-refractivity contribution in [1.82, 2.24) is 5.43 Å². The normalized spacial score (nSPS) is 6.55. The Morgan fingerprint density at radius 3 is 1.82 bits per heavy atom. The lowest BCUT2D eigenvalue weighted by molar-refractivity contribution is 0.873. The van der Waals surface area contributed by atoms with Gasteiger partial charge in [-0.25, -0.2) is 0 Å². The van der Waals surface area contributed by atoms with Gasteiger partial charge in [-0.05, 0) is 0 Å². The highest BCUT2D eigenvalue weighted by Gasteiger charge is 1.54. The second kappa shape index (κ2) is 36.6. The van der Waals surface area contributed by atoms with Crippen LogP contribution in [0.3, 0.4) is 0 Å². The molecule has 0 aliphatic heterocycles. The zero-order valence-electron chi connectivity index (χ0n) is 7.96. The minimum atomic E-state index is 1.33. The summed E-state index contributed by atoms with van der Waals surface area (Å²) < 4.78 is 0. The first kappa shape index (κ1) is 16.5. The highest BCUT2D eigenvalue weighted by Crippen LogP contribution is 1.66. The van der Waals surface area contributed by atoms with E-state index in [1.807, 2.05) is 27.7 Å². The Hall–Kier alpha value is -1.12. The van der Waals surface area contributed by atoms with Crippen molar-refractivity contribution in [2.75, 3.05) is 0 Å². The molecule has 0 bridgehead atoms. The molecule has 0 aliphatic rings. The van der Waals surface area contributed by atoms with Gasteiger partial charge in [-0.3, -0.25) is 5.43 Å². The Balaban J connectivity index is -0.000000138. The molecule has 3 heteroatoms. The number of rotatable bonds is 3. The SMILES string of the molecule is C=CN=NNC=C.CC.CC. The van der Waals surface area contributed by atoms with Crippen LogP contribution in [0.4, 0.5) is 0 Å². The highest BCUT2D eigenvalue weighted by atomic mass is 15.4. The topological polar surface area (TPSA) is 36.8 Å². The minimum Gasteiger partial charge on any atom is -0.268 e. The molecule has 66 valence electrons. The van der Waals surface area contributed by atoms with E-state index in [-0.39, 0.29) is 0 Å². The lowest BCUT2D eigenvalue weighted by Crippen LogP contribution is -1.86. The smallest absolute Gasteiger partial charge is 0.0441 e. The van der Waals surface area contributed by atoms with Crippen LogP contribution in [0.2, 0.25) is 0 Å². The van der Waals surface area contributed by atoms with E-state index in [0.29, 0.717) is 0 Å². The molecule has 0 aliphatic carbocycles. The van der Waals surface area contributed by atoms with Crippen LogP contribution in [-0.2, 0) is 0 Å². The van der Waals surface area contributed by atoms with Crippen LogP contribution in [0.1, 0.15) is 27.7 Å². The average molecular weight is 157 g/mol. The second-order valence-electron chi connectivity index (χ2n) is 0.731. The third kappa shape index (κ3) is 50.7. The maximum atomic E-state index is 3.37. The molecule has 3 nitrogen and oxygen atoms in total. The van der Waals surface area contributed by atoms with Gasteiger partial charge in [0, 0.05) is 12.4 Å². The summed E-state index contributed by atoms with van der Waals surface area (Å²) >= 11 is 0. The van der Waals surface area contributed by atoms with Gasteiger partial charge in [-0.1, -0.05) is 46.1 Å². The van der Waals surface area contributed by atoms with E-state index < -0.39 is 0 Å². The van der Waals surface area contributed by atoms with Gasteiger partial charge in [0.05, 0.1) is 0 Å². The minimum absolute atomic E-state index is 1.33. The van der Waals surface area contributed by atoms with E-state index in [4.69, 9.17) is 0 Å². The van der Waals surface area contributed by atoms with E-state index in [2.05, 4.69) is 28.9 Å². The fourth-order valence-electron chi connectivity index (χ4n) is 0.115. The van der Waals surface area contributed by atoms with Gasteiger partial charge in [0.1, 0.15) is 0 Å². The molecular weight excluding hydrogens is 138 g/mol. The summed E-state index contributed by atoms with van der Waals surface area (Å²) in [4.78, 5) is 0. The maximum Gasteiger partial charge on any atom is 0.0441 e. The van der Waals surface area contributed by atoms with Gasteiger partial charge in [-0.2, -0.15) is 0 Å². The molecular formula is C8H19N3. The van der Waals surface area contributed by atoms with Crippen molar-refractivity contribution in [2.45, 2.75) is 27.7 Å². The Labute approximate surface area is 69.9 Å². The van der Waals surface area contributed by atoms with Crippen LogP contribution in [0.15, 0.2) is 35.9 Å². The van der Waals surface area contributed by atoms with Crippen molar-refractivity contribution < 1.29 is 0 Å². The van der Waals surface area contributed by atoms with E-state index in [0.717, 1.165) is 0 Å². The van der Waals surface area contributed by atoms with Crippen molar-refractivity contribution in [3.63, 3.8) is 0 Å². The van der Waals surface area contributed by atoms with Gasteiger partial charge in [-0.15, -0.1) is 5.11 Å². The Morgan fingerprint density at radius 1 is 1.09 bits per heavy atom. The van der Waals surface area contributed by atoms with Gasteiger partial charge in [0.15, 0.2) is 0 Å². The average Bonchev–Trinajstić information content (AvgIpc) is 2.13. The summed E-state index contributed by atoms with van der Waals surface area (Å²) in [6, 6.07) is 0. The predicted molar refractivity (Wildman–Crippen MR) is 51.1 cm³/mol. The Morgan fingerprint density at radius 2 is 1.55 bits per heavy atom. The molecule has 1 N–H and O–H groups in total. The van der Waals surface area contributed by atoms with Crippen molar-refractivity contribution >= 4 is 0 Å². The van der Waals surface area contributed by atoms with E-state index in [1.54, 1.807) is 0 Å². The van der Waals surface area contributed by atoms with Crippen LogP contribution in [-0.4, -0.2) is 0 Å². The molecule has 0 amide bonds. The molecule has 0 fully saturated rings. The molecule has 0 atom stereocenters. The van der Waals surface area contributed by atoms with Crippen LogP contribution >= 0.6 is 0 Å². The van der Waals surface area contributed by atoms with Crippen molar-refractivity contribution in [1.29, 1.82) is 0 Å². The summed E-state index contributed by atoms with van der Waals surface area (Å²) in [7, 11) is 0. The number of hydrogen-bond acceptors (Lipinski definition) is 2. The van der Waals surface area contributed by atoms with Crippen molar-refractivity contribution in [3.8, 4) is 0 Å². The number of hydrogen-bond donors (Lipinski definition) is 1. The molecule has 0 rings (SSSR count). The molecule has 0 unspecified atom stereocenters. The van der Waals surface area contributed by atoms with E-state index in [1.165, 1.54) is 12.4 Å². The Bertz CT molecular complexity index is 87.3. The molecule has 0 aromatic rings. The summed E-state index contributed by atoms with van der Waals surface area (Å²) in [5.41, 5.74) is 2.40. The molecule has 0 saturated carbocycles. The monoisotopic (exact) mass is 157 g/mol. The van der Waals surface area contributed by atoms with Gasteiger partial charge < -0.3 is 0 Å². The second-order valence-corrected chi connectivity index (χ2v) is 0.731. The quantitative estimate of drug-likeness (QED) is 0.495. The Kier molecular flexibility index (Phi) is 54.8. The van der Waals surface area contributed by atoms with E-state index in [9.17, 15) is 0 Å². The highest BCUT2D eigenvalue weighted by molar-refractivity contribution is 4.60. The van der Waals surface area contributed by atoms with Gasteiger partial charge in [0.2, 0.25) is 0 Å². The van der Waals surface area contributed by atoms with Crippen LogP contribution < -0.4 is 5.43 Å². The van der Waals surface area contributed by atoms with Gasteiger partial charge >= 0.3 is 0 Å². The lowest BCUT2D eigenvalue weighted by Gasteiger charge is -1.77. The largest absolute Gasteiger partial charge is 0.268 e. The maximum absolute atomic E-state index is 3.37. The molecule has 0 spiro atoms. The molecule has 11 heavy (non-hydrogen) atoms. The first-order valence-electron chi connectivity index (χ1n) is 3.79. The van der Waals surface area contributed by atoms with Crippen molar-refractivity contribution in [2.24, 2.45) is 10.3 Å². The van der Waals surface area contributed by atoms with Crippen LogP contribution in [0.25, 0.3) is 0 Å². The lowest BCUT2D eigenvalue weighted by atomic mass is 11.0. The summed E-state index contributed by atoms with van der Waals surface area (Å²) in [6.45, 7) is 14.6. The summed E-state index contributed by atoms with van der Waals surface area (Å²) in [6.07, 6.45) is 2.75. The number of nitrogens with zero attached hydrogens (tertiary/aromatic N) is 2. The zero-order chi connectivity index (χ0) is 9.54. The first-order chi connectivity index (χ1) is 5.41. The fraction of sp³-hybridized carbons (Fsp3) is 0.500. The summed E-state index contributed by atoms with van der Waals surface area (Å²) in [5.74, 6) is 0. The van der Waals surface area contributed by atoms with Crippen LogP contribution in [0, 0.1) is 0 Å². The van der Waals surface area contributed by atoms with Crippen molar-refractivity contribution in [3.05, 3.63) is 25.6 Å². The summed E-state index contributed by atoms with van der Waals surface area (Å²) in [5, 5.41) is 6.72. The third-order valence-corrected chi connectivity index (χ3v) is 0.288. The zero-order valence-corrected chi connectivity index (χ0v) is 7.96. The fourth-order valence-corrected chi connectivity index (χ4v) is 0.115. The molecule has 0 heterocycles. The molecule has 0 radical (unpaired) electrons. The standard InChI is InChI=1S/C4H7N3.2C2H6/c1-3-5-7-6-4-2;2*1-2/h3-4H,1-2H2,(H,5,6);2*1-2H3. The molecule has 0 aromatic heterocycles. The van der Waals surface area contributed by atoms with Crippen LogP contribution in [0.5, 0.6) is 0 Å². The van der Waals surface area contributed by atoms with E-state index >= 15 is 0 Å². The molecule has 0 saturated heterocycles. The third-order valence-electron chi connectivity index (χ3n) is 0.288.